The van der Waals surface area contributed by atoms with Crippen molar-refractivity contribution in [2.45, 2.75) is 53.5 Å². The molecule has 0 bridgehead atoms. The highest BCUT2D eigenvalue weighted by Gasteiger charge is 2.37. The topological polar surface area (TPSA) is 55.1 Å². The zero-order valence-electron chi connectivity index (χ0n) is 14.1. The van der Waals surface area contributed by atoms with Gasteiger partial charge < -0.3 is 11.1 Å². The lowest BCUT2D eigenvalue weighted by molar-refractivity contribution is -0.132. The molecule has 0 saturated heterocycles. The highest BCUT2D eigenvalue weighted by molar-refractivity contribution is 5.83. The summed E-state index contributed by atoms with van der Waals surface area (Å²) in [6.45, 7) is 10.9. The summed E-state index contributed by atoms with van der Waals surface area (Å²) < 4.78 is 0. The molecule has 1 rings (SSSR count). The first-order chi connectivity index (χ1) is 9.80. The average molecular weight is 290 g/mol. The molecule has 21 heavy (non-hydrogen) atoms. The van der Waals surface area contributed by atoms with Crippen molar-refractivity contribution in [1.82, 2.24) is 5.32 Å². The van der Waals surface area contributed by atoms with E-state index in [2.05, 4.69) is 38.2 Å². The van der Waals surface area contributed by atoms with Crippen LogP contribution in [-0.2, 0) is 4.79 Å². The molecule has 0 aromatic heterocycles. The largest absolute Gasteiger partial charge is 0.348 e. The van der Waals surface area contributed by atoms with Gasteiger partial charge in [-0.05, 0) is 23.8 Å². The molecule has 3 nitrogen and oxygen atoms in total. The third-order valence-corrected chi connectivity index (χ3v) is 4.50. The number of nitrogens with two attached hydrogens (primary N) is 1. The Bertz CT molecular complexity index is 436. The zero-order valence-corrected chi connectivity index (χ0v) is 14.1. The smallest absolute Gasteiger partial charge is 0.227 e. The summed E-state index contributed by atoms with van der Waals surface area (Å²) in [5.74, 6) is 0.0683. The average Bonchev–Trinajstić information content (AvgIpc) is 2.47. The number of nitrogens with one attached hydrogen (secondary N) is 1. The van der Waals surface area contributed by atoms with Crippen molar-refractivity contribution < 1.29 is 4.79 Å². The van der Waals surface area contributed by atoms with Gasteiger partial charge in [0.05, 0.1) is 11.5 Å². The number of rotatable bonds is 6. The van der Waals surface area contributed by atoms with Gasteiger partial charge >= 0.3 is 0 Å². The summed E-state index contributed by atoms with van der Waals surface area (Å²) in [7, 11) is 0. The normalized spacial score (nSPS) is 13.8. The molecule has 3 heteroatoms. The molecule has 0 spiro atoms. The Morgan fingerprint density at radius 1 is 1.14 bits per heavy atom. The summed E-state index contributed by atoms with van der Waals surface area (Å²) >= 11 is 0. The van der Waals surface area contributed by atoms with Gasteiger partial charge in [0, 0.05) is 6.54 Å². The highest BCUT2D eigenvalue weighted by Crippen LogP contribution is 2.35. The first-order valence-electron chi connectivity index (χ1n) is 7.86. The summed E-state index contributed by atoms with van der Waals surface area (Å²) in [4.78, 5) is 12.8. The lowest BCUT2D eigenvalue weighted by Gasteiger charge is -2.36. The van der Waals surface area contributed by atoms with E-state index >= 15 is 0 Å². The molecule has 3 N–H and O–H groups in total. The molecule has 1 amide bonds. The minimum absolute atomic E-state index is 0.0183. The van der Waals surface area contributed by atoms with Crippen LogP contribution in [0.5, 0.6) is 0 Å². The Balaban J connectivity index is 3.06. The Labute approximate surface area is 129 Å². The molecule has 1 unspecified atom stereocenters. The van der Waals surface area contributed by atoms with Crippen molar-refractivity contribution in [3.8, 4) is 0 Å². The number of carbonyl (C=O) groups is 1. The van der Waals surface area contributed by atoms with Crippen molar-refractivity contribution in [1.29, 1.82) is 0 Å². The van der Waals surface area contributed by atoms with E-state index in [0.29, 0.717) is 6.54 Å². The number of benzene rings is 1. The van der Waals surface area contributed by atoms with E-state index in [4.69, 9.17) is 5.73 Å². The second-order valence-corrected chi connectivity index (χ2v) is 6.87. The Hall–Kier alpha value is -1.35. The van der Waals surface area contributed by atoms with Crippen LogP contribution in [0.2, 0.25) is 0 Å². The van der Waals surface area contributed by atoms with Crippen molar-refractivity contribution in [2.24, 2.45) is 16.6 Å². The number of amides is 1. The fourth-order valence-electron chi connectivity index (χ4n) is 2.68. The fraction of sp³-hybridized carbons (Fsp3) is 0.611. The highest BCUT2D eigenvalue weighted by atomic mass is 16.2. The van der Waals surface area contributed by atoms with E-state index in [0.717, 1.165) is 18.4 Å². The molecule has 1 aromatic carbocycles. The number of hydrogen-bond donors (Lipinski definition) is 2. The Morgan fingerprint density at radius 3 is 2.05 bits per heavy atom. The third-order valence-electron chi connectivity index (χ3n) is 4.50. The first kappa shape index (κ1) is 17.7. The monoisotopic (exact) mass is 290 g/mol. The van der Waals surface area contributed by atoms with E-state index in [1.807, 2.05) is 32.0 Å². The van der Waals surface area contributed by atoms with Crippen molar-refractivity contribution in [3.05, 3.63) is 35.9 Å². The van der Waals surface area contributed by atoms with E-state index in [9.17, 15) is 4.79 Å². The van der Waals surface area contributed by atoms with Gasteiger partial charge in [-0.25, -0.2) is 0 Å². The van der Waals surface area contributed by atoms with Gasteiger partial charge in [-0.2, -0.15) is 0 Å². The molecule has 0 radical (unpaired) electrons. The molecule has 0 fully saturated rings. The molecular weight excluding hydrogens is 260 g/mol. The minimum atomic E-state index is -0.460. The SMILES string of the molecule is CCC(CC)(CN)C(=O)NC(c1ccccc1)C(C)(C)C. The van der Waals surface area contributed by atoms with Gasteiger partial charge in [0.15, 0.2) is 0 Å². The van der Waals surface area contributed by atoms with E-state index in [1.54, 1.807) is 0 Å². The second-order valence-electron chi connectivity index (χ2n) is 6.87. The summed E-state index contributed by atoms with van der Waals surface area (Å²) in [5, 5.41) is 3.25. The third kappa shape index (κ3) is 4.07. The molecule has 1 aromatic rings. The maximum atomic E-state index is 12.8. The van der Waals surface area contributed by atoms with Gasteiger partial charge in [-0.3, -0.25) is 4.79 Å². The Morgan fingerprint density at radius 2 is 1.67 bits per heavy atom. The fourth-order valence-corrected chi connectivity index (χ4v) is 2.68. The van der Waals surface area contributed by atoms with Gasteiger partial charge in [-0.1, -0.05) is 65.0 Å². The van der Waals surface area contributed by atoms with Gasteiger partial charge in [0.1, 0.15) is 0 Å². The van der Waals surface area contributed by atoms with Crippen LogP contribution < -0.4 is 11.1 Å². The van der Waals surface area contributed by atoms with E-state index in [1.165, 1.54) is 0 Å². The van der Waals surface area contributed by atoms with Crippen LogP contribution in [0.3, 0.4) is 0 Å². The van der Waals surface area contributed by atoms with Crippen molar-refractivity contribution in [2.75, 3.05) is 6.54 Å². The zero-order chi connectivity index (χ0) is 16.1. The quantitative estimate of drug-likeness (QED) is 0.840. The molecule has 118 valence electrons. The van der Waals surface area contributed by atoms with Crippen molar-refractivity contribution >= 4 is 5.91 Å². The van der Waals surface area contributed by atoms with Gasteiger partial charge in [0.25, 0.3) is 0 Å². The van der Waals surface area contributed by atoms with Crippen LogP contribution in [0.25, 0.3) is 0 Å². The maximum absolute atomic E-state index is 12.8. The molecule has 0 aliphatic carbocycles. The molecular formula is C18H30N2O. The van der Waals surface area contributed by atoms with E-state index in [-0.39, 0.29) is 17.4 Å². The molecule has 0 aliphatic rings. The molecule has 0 heterocycles. The van der Waals surface area contributed by atoms with E-state index < -0.39 is 5.41 Å². The predicted molar refractivity (Wildman–Crippen MR) is 88.9 cm³/mol. The van der Waals surface area contributed by atoms with Crippen LogP contribution in [-0.4, -0.2) is 12.5 Å². The maximum Gasteiger partial charge on any atom is 0.227 e. The first-order valence-corrected chi connectivity index (χ1v) is 7.86. The van der Waals surface area contributed by atoms with Gasteiger partial charge in [-0.15, -0.1) is 0 Å². The van der Waals surface area contributed by atoms with Gasteiger partial charge in [0.2, 0.25) is 5.91 Å². The van der Waals surface area contributed by atoms with Crippen LogP contribution >= 0.6 is 0 Å². The minimum Gasteiger partial charge on any atom is -0.348 e. The summed E-state index contributed by atoms with van der Waals surface area (Å²) in [6, 6.07) is 10.1. The number of carbonyl (C=O) groups excluding carboxylic acids is 1. The lowest BCUT2D eigenvalue weighted by atomic mass is 9.78. The van der Waals surface area contributed by atoms with Crippen LogP contribution in [0.4, 0.5) is 0 Å². The van der Waals surface area contributed by atoms with Crippen LogP contribution in [0.1, 0.15) is 59.1 Å². The summed E-state index contributed by atoms with van der Waals surface area (Å²) in [5.41, 5.74) is 6.51. The Kier molecular flexibility index (Phi) is 5.97. The van der Waals surface area contributed by atoms with Crippen LogP contribution in [0, 0.1) is 10.8 Å². The standard InChI is InChI=1S/C18H30N2O/c1-6-18(7-2,13-19)16(21)20-15(17(3,4)5)14-11-9-8-10-12-14/h8-12,15H,6-7,13,19H2,1-5H3,(H,20,21). The molecule has 1 atom stereocenters. The summed E-state index contributed by atoms with van der Waals surface area (Å²) in [6.07, 6.45) is 1.52. The molecule has 0 aliphatic heterocycles. The van der Waals surface area contributed by atoms with Crippen molar-refractivity contribution in [3.63, 3.8) is 0 Å². The van der Waals surface area contributed by atoms with Crippen LogP contribution in [0.15, 0.2) is 30.3 Å². The second kappa shape index (κ2) is 7.08. The predicted octanol–water partition coefficient (Wildman–Crippen LogP) is 3.66. The lowest BCUT2D eigenvalue weighted by Crippen LogP contribution is -2.48. The molecule has 0 saturated carbocycles. The number of hydrogen-bond acceptors (Lipinski definition) is 2.